The van der Waals surface area contributed by atoms with Crippen molar-refractivity contribution in [3.8, 4) is 5.75 Å². The van der Waals surface area contributed by atoms with Gasteiger partial charge < -0.3 is 10.1 Å². The minimum Gasteiger partial charge on any atom is -0.476 e. The third kappa shape index (κ3) is 4.95. The molecule has 0 unspecified atom stereocenters. The molecule has 0 saturated heterocycles. The molecule has 0 bridgehead atoms. The molecule has 162 valence electrons. The number of rotatable bonds is 5. The van der Waals surface area contributed by atoms with Crippen LogP contribution in [0.25, 0.3) is 0 Å². The maximum atomic E-state index is 13.3. The van der Waals surface area contributed by atoms with Crippen molar-refractivity contribution in [2.75, 3.05) is 10.8 Å². The van der Waals surface area contributed by atoms with Gasteiger partial charge in [0, 0.05) is 5.54 Å². The molecule has 0 spiro atoms. The highest BCUT2D eigenvalue weighted by atomic mass is 32.2. The van der Waals surface area contributed by atoms with E-state index in [2.05, 4.69) is 26.1 Å². The molecule has 1 N–H and O–H groups in total. The van der Waals surface area contributed by atoms with Crippen molar-refractivity contribution >= 4 is 21.6 Å². The first-order valence-electron chi connectivity index (χ1n) is 10.0. The smallest absolute Gasteiger partial charge is 0.264 e. The Morgan fingerprint density at radius 3 is 2.27 bits per heavy atom. The number of anilines is 1. The van der Waals surface area contributed by atoms with E-state index in [0.29, 0.717) is 11.4 Å². The fraction of sp³-hybridized carbons (Fsp3) is 0.435. The third-order valence-corrected chi connectivity index (χ3v) is 6.59. The van der Waals surface area contributed by atoms with Gasteiger partial charge in [0.1, 0.15) is 5.75 Å². The van der Waals surface area contributed by atoms with Crippen LogP contribution in [-0.2, 0) is 14.8 Å². The highest BCUT2D eigenvalue weighted by molar-refractivity contribution is 7.92. The Kier molecular flexibility index (Phi) is 5.87. The van der Waals surface area contributed by atoms with E-state index in [4.69, 9.17) is 4.74 Å². The number of amides is 1. The van der Waals surface area contributed by atoms with Gasteiger partial charge in [0.05, 0.1) is 17.1 Å². The van der Waals surface area contributed by atoms with Crippen LogP contribution in [0.15, 0.2) is 59.5 Å². The van der Waals surface area contributed by atoms with E-state index >= 15 is 0 Å². The van der Waals surface area contributed by atoms with Crippen LogP contribution in [0.5, 0.6) is 5.75 Å². The van der Waals surface area contributed by atoms with Crippen molar-refractivity contribution in [3.63, 3.8) is 0 Å². The molecule has 3 rings (SSSR count). The minimum atomic E-state index is -3.84. The van der Waals surface area contributed by atoms with Crippen molar-refractivity contribution < 1.29 is 17.9 Å². The molecule has 1 aliphatic heterocycles. The van der Waals surface area contributed by atoms with E-state index < -0.39 is 21.7 Å². The Morgan fingerprint density at radius 1 is 1.03 bits per heavy atom. The van der Waals surface area contributed by atoms with E-state index in [1.807, 2.05) is 13.8 Å². The number of sulfonamides is 1. The van der Waals surface area contributed by atoms with Gasteiger partial charge in [0.2, 0.25) is 0 Å². The summed E-state index contributed by atoms with van der Waals surface area (Å²) in [7, 11) is -3.84. The van der Waals surface area contributed by atoms with Crippen LogP contribution < -0.4 is 14.4 Å². The van der Waals surface area contributed by atoms with Crippen LogP contribution in [0, 0.1) is 5.41 Å². The predicted molar refractivity (Wildman–Crippen MR) is 118 cm³/mol. The molecule has 1 amide bonds. The largest absolute Gasteiger partial charge is 0.476 e. The van der Waals surface area contributed by atoms with Gasteiger partial charge in [-0.3, -0.25) is 9.10 Å². The van der Waals surface area contributed by atoms with Crippen LogP contribution in [0.3, 0.4) is 0 Å². The number of ether oxygens (including phenoxy) is 1. The minimum absolute atomic E-state index is 0.0273. The number of nitrogens with one attached hydrogen (secondary N) is 1. The van der Waals surface area contributed by atoms with Gasteiger partial charge in [-0.05, 0) is 49.9 Å². The lowest BCUT2D eigenvalue weighted by Gasteiger charge is -2.38. The summed E-state index contributed by atoms with van der Waals surface area (Å²) in [5.41, 5.74) is -0.00230. The van der Waals surface area contributed by atoms with Crippen molar-refractivity contribution in [2.45, 2.75) is 57.6 Å². The molecular formula is C23H30N2O4S. The van der Waals surface area contributed by atoms with Gasteiger partial charge in [-0.2, -0.15) is 0 Å². The molecule has 0 aliphatic carbocycles. The van der Waals surface area contributed by atoms with Crippen molar-refractivity contribution in [3.05, 3.63) is 54.6 Å². The zero-order chi connectivity index (χ0) is 22.2. The van der Waals surface area contributed by atoms with Crippen LogP contribution in [0.2, 0.25) is 0 Å². The third-order valence-electron chi connectivity index (χ3n) is 4.79. The quantitative estimate of drug-likeness (QED) is 0.779. The van der Waals surface area contributed by atoms with Gasteiger partial charge in [0.15, 0.2) is 6.10 Å². The first-order chi connectivity index (χ1) is 13.9. The molecule has 1 atom stereocenters. The first kappa shape index (κ1) is 22.2. The number of hydrogen-bond donors (Lipinski definition) is 1. The summed E-state index contributed by atoms with van der Waals surface area (Å²) >= 11 is 0. The number of fused-ring (bicyclic) bond motifs is 1. The number of para-hydroxylation sites is 2. The zero-order valence-electron chi connectivity index (χ0n) is 18.2. The van der Waals surface area contributed by atoms with Crippen molar-refractivity contribution in [2.24, 2.45) is 5.41 Å². The van der Waals surface area contributed by atoms with Crippen LogP contribution in [0.1, 0.15) is 41.0 Å². The van der Waals surface area contributed by atoms with Crippen molar-refractivity contribution in [1.29, 1.82) is 0 Å². The second kappa shape index (κ2) is 7.95. The lowest BCUT2D eigenvalue weighted by Crippen LogP contribution is -2.55. The number of carbonyl (C=O) groups excluding carboxylic acids is 1. The summed E-state index contributed by atoms with van der Waals surface area (Å²) in [5, 5.41) is 3.04. The Hall–Kier alpha value is -2.54. The van der Waals surface area contributed by atoms with Crippen LogP contribution >= 0.6 is 0 Å². The summed E-state index contributed by atoms with van der Waals surface area (Å²) < 4.78 is 33.8. The number of carbonyl (C=O) groups is 1. The normalized spacial score (nSPS) is 17.1. The van der Waals surface area contributed by atoms with Gasteiger partial charge >= 0.3 is 0 Å². The highest BCUT2D eigenvalue weighted by Crippen LogP contribution is 2.37. The summed E-state index contributed by atoms with van der Waals surface area (Å²) in [6, 6.07) is 15.1. The van der Waals surface area contributed by atoms with Crippen LogP contribution in [-0.4, -0.2) is 32.5 Å². The predicted octanol–water partition coefficient (Wildman–Crippen LogP) is 3.97. The molecule has 0 saturated carbocycles. The summed E-state index contributed by atoms with van der Waals surface area (Å²) in [4.78, 5) is 13.2. The van der Waals surface area contributed by atoms with E-state index in [0.717, 1.165) is 6.42 Å². The standard InChI is InChI=1S/C23H30N2O4S/c1-22(2,3)16-23(4,5)24-21(26)20-15-25(18-13-9-10-14-19(18)29-20)30(27,28)17-11-7-6-8-12-17/h6-14,20H,15-16H2,1-5H3,(H,24,26)/t20-/m1/s1. The lowest BCUT2D eigenvalue weighted by molar-refractivity contribution is -0.129. The average Bonchev–Trinajstić information content (AvgIpc) is 2.65. The summed E-state index contributed by atoms with van der Waals surface area (Å²) in [5.74, 6) is 0.0454. The second-order valence-corrected chi connectivity index (χ2v) is 11.4. The fourth-order valence-corrected chi connectivity index (χ4v) is 5.57. The molecule has 7 heteroatoms. The molecule has 2 aromatic rings. The lowest BCUT2D eigenvalue weighted by atomic mass is 9.81. The number of hydrogen-bond acceptors (Lipinski definition) is 4. The molecule has 0 radical (unpaired) electrons. The molecule has 6 nitrogen and oxygen atoms in total. The molecule has 1 aliphatic rings. The Morgan fingerprint density at radius 2 is 1.63 bits per heavy atom. The SMILES string of the molecule is CC(C)(C)CC(C)(C)NC(=O)[C@H]1CN(S(=O)(=O)c2ccccc2)c2ccccc2O1. The monoisotopic (exact) mass is 430 g/mol. The van der Waals surface area contributed by atoms with Gasteiger partial charge in [-0.1, -0.05) is 51.1 Å². The second-order valence-electron chi connectivity index (χ2n) is 9.53. The topological polar surface area (TPSA) is 75.7 Å². The molecule has 2 aromatic carbocycles. The molecule has 0 fully saturated rings. The van der Waals surface area contributed by atoms with E-state index in [9.17, 15) is 13.2 Å². The summed E-state index contributed by atoms with van der Waals surface area (Å²) in [6.07, 6.45) is -0.182. The van der Waals surface area contributed by atoms with Crippen LogP contribution in [0.4, 0.5) is 5.69 Å². The average molecular weight is 431 g/mol. The molecular weight excluding hydrogens is 400 g/mol. The number of nitrogens with zero attached hydrogens (tertiary/aromatic N) is 1. The maximum absolute atomic E-state index is 13.3. The fourth-order valence-electron chi connectivity index (χ4n) is 4.07. The van der Waals surface area contributed by atoms with Gasteiger partial charge in [-0.25, -0.2) is 8.42 Å². The highest BCUT2D eigenvalue weighted by Gasteiger charge is 2.39. The first-order valence-corrected chi connectivity index (χ1v) is 11.5. The van der Waals surface area contributed by atoms with Gasteiger partial charge in [0.25, 0.3) is 15.9 Å². The van der Waals surface area contributed by atoms with E-state index in [1.54, 1.807) is 54.6 Å². The Balaban J connectivity index is 1.91. The van der Waals surface area contributed by atoms with E-state index in [1.165, 1.54) is 4.31 Å². The molecule has 30 heavy (non-hydrogen) atoms. The van der Waals surface area contributed by atoms with Gasteiger partial charge in [-0.15, -0.1) is 0 Å². The Bertz CT molecular complexity index is 1010. The van der Waals surface area contributed by atoms with Crippen molar-refractivity contribution in [1.82, 2.24) is 5.32 Å². The maximum Gasteiger partial charge on any atom is 0.264 e. The molecule has 1 heterocycles. The Labute approximate surface area is 179 Å². The molecule has 0 aromatic heterocycles. The summed E-state index contributed by atoms with van der Waals surface area (Å²) in [6.45, 7) is 10.2. The number of benzene rings is 2. The zero-order valence-corrected chi connectivity index (χ0v) is 19.0. The van der Waals surface area contributed by atoms with E-state index in [-0.39, 0.29) is 22.8 Å².